The standard InChI is InChI=1S/C16H19ClN4O/c1-4-21-12(3)15(11(2)20-21)10-18-19-16(22)9-13-5-7-14(17)8-6-13/h5-8,10H,4,9H2,1-3H3,(H,19,22). The molecule has 5 nitrogen and oxygen atoms in total. The lowest BCUT2D eigenvalue weighted by molar-refractivity contribution is -0.120. The Kier molecular flexibility index (Phi) is 5.33. The molecule has 0 saturated heterocycles. The zero-order valence-corrected chi connectivity index (χ0v) is 13.7. The van der Waals surface area contributed by atoms with Crippen LogP contribution in [-0.2, 0) is 17.8 Å². The molecule has 0 aliphatic carbocycles. The molecule has 1 N–H and O–H groups in total. The third-order valence-electron chi connectivity index (χ3n) is 3.40. The Labute approximate surface area is 135 Å². The average Bonchev–Trinajstić information content (AvgIpc) is 2.77. The summed E-state index contributed by atoms with van der Waals surface area (Å²) < 4.78 is 1.91. The van der Waals surface area contributed by atoms with Crippen LogP contribution in [0.15, 0.2) is 29.4 Å². The third kappa shape index (κ3) is 3.95. The molecule has 2 aromatic rings. The highest BCUT2D eigenvalue weighted by atomic mass is 35.5. The van der Waals surface area contributed by atoms with Gasteiger partial charge in [0.15, 0.2) is 0 Å². The zero-order chi connectivity index (χ0) is 16.1. The summed E-state index contributed by atoms with van der Waals surface area (Å²) in [5, 5.41) is 9.08. The number of aromatic nitrogens is 2. The molecule has 2 rings (SSSR count). The second-order valence-corrected chi connectivity index (χ2v) is 5.43. The van der Waals surface area contributed by atoms with Crippen LogP contribution in [0.3, 0.4) is 0 Å². The number of nitrogens with one attached hydrogen (secondary N) is 1. The van der Waals surface area contributed by atoms with Crippen LogP contribution in [0.25, 0.3) is 0 Å². The van der Waals surface area contributed by atoms with E-state index in [1.807, 2.05) is 37.6 Å². The van der Waals surface area contributed by atoms with E-state index < -0.39 is 0 Å². The minimum absolute atomic E-state index is 0.170. The number of hydrogen-bond acceptors (Lipinski definition) is 3. The van der Waals surface area contributed by atoms with Gasteiger partial charge in [0.25, 0.3) is 0 Å². The third-order valence-corrected chi connectivity index (χ3v) is 3.65. The van der Waals surface area contributed by atoms with E-state index in [9.17, 15) is 4.79 Å². The summed E-state index contributed by atoms with van der Waals surface area (Å²) >= 11 is 5.81. The highest BCUT2D eigenvalue weighted by Gasteiger charge is 2.08. The summed E-state index contributed by atoms with van der Waals surface area (Å²) in [4.78, 5) is 11.8. The highest BCUT2D eigenvalue weighted by Crippen LogP contribution is 2.11. The van der Waals surface area contributed by atoms with E-state index in [1.165, 1.54) is 0 Å². The number of aryl methyl sites for hydroxylation is 2. The van der Waals surface area contributed by atoms with E-state index in [0.29, 0.717) is 5.02 Å². The van der Waals surface area contributed by atoms with E-state index in [2.05, 4.69) is 15.6 Å². The predicted molar refractivity (Wildman–Crippen MR) is 88.3 cm³/mol. The first-order valence-corrected chi connectivity index (χ1v) is 7.49. The molecule has 0 saturated carbocycles. The molecule has 0 unspecified atom stereocenters. The Bertz CT molecular complexity index is 689. The van der Waals surface area contributed by atoms with Crippen LogP contribution in [-0.4, -0.2) is 21.9 Å². The second-order valence-electron chi connectivity index (χ2n) is 5.00. The molecule has 0 radical (unpaired) electrons. The lowest BCUT2D eigenvalue weighted by Gasteiger charge is -2.01. The lowest BCUT2D eigenvalue weighted by atomic mass is 10.1. The van der Waals surface area contributed by atoms with Crippen molar-refractivity contribution < 1.29 is 4.79 Å². The van der Waals surface area contributed by atoms with Gasteiger partial charge in [-0.25, -0.2) is 5.43 Å². The van der Waals surface area contributed by atoms with Crippen LogP contribution in [0.1, 0.15) is 29.4 Å². The van der Waals surface area contributed by atoms with Gasteiger partial charge in [0.1, 0.15) is 0 Å². The van der Waals surface area contributed by atoms with Gasteiger partial charge < -0.3 is 0 Å². The number of halogens is 1. The van der Waals surface area contributed by atoms with Gasteiger partial charge in [-0.1, -0.05) is 23.7 Å². The smallest absolute Gasteiger partial charge is 0.244 e. The van der Waals surface area contributed by atoms with Crippen molar-refractivity contribution in [1.82, 2.24) is 15.2 Å². The first-order chi connectivity index (χ1) is 10.5. The Balaban J connectivity index is 1.96. The number of amides is 1. The Morgan fingerprint density at radius 3 is 2.64 bits per heavy atom. The maximum absolute atomic E-state index is 11.8. The minimum atomic E-state index is -0.170. The largest absolute Gasteiger partial charge is 0.273 e. The molecule has 22 heavy (non-hydrogen) atoms. The molecule has 1 heterocycles. The molecule has 1 aromatic heterocycles. The van der Waals surface area contributed by atoms with Crippen molar-refractivity contribution in [3.05, 3.63) is 51.8 Å². The molecule has 0 fully saturated rings. The summed E-state index contributed by atoms with van der Waals surface area (Å²) in [5.74, 6) is -0.170. The second kappa shape index (κ2) is 7.22. The first kappa shape index (κ1) is 16.2. The molecule has 0 atom stereocenters. The number of hydrazone groups is 1. The number of carbonyl (C=O) groups excluding carboxylic acids is 1. The normalized spacial score (nSPS) is 11.1. The van der Waals surface area contributed by atoms with Crippen LogP contribution >= 0.6 is 11.6 Å². The summed E-state index contributed by atoms with van der Waals surface area (Å²) in [6.07, 6.45) is 1.91. The van der Waals surface area contributed by atoms with Crippen molar-refractivity contribution in [3.8, 4) is 0 Å². The van der Waals surface area contributed by atoms with Crippen molar-refractivity contribution in [3.63, 3.8) is 0 Å². The molecule has 0 aliphatic heterocycles. The fourth-order valence-electron chi connectivity index (χ4n) is 2.20. The topological polar surface area (TPSA) is 59.3 Å². The van der Waals surface area contributed by atoms with Crippen molar-refractivity contribution in [2.45, 2.75) is 33.7 Å². The van der Waals surface area contributed by atoms with Gasteiger partial charge in [0.05, 0.1) is 18.3 Å². The SMILES string of the molecule is CCn1nc(C)c(C=NNC(=O)Cc2ccc(Cl)cc2)c1C. The molecule has 116 valence electrons. The first-order valence-electron chi connectivity index (χ1n) is 7.11. The predicted octanol–water partition coefficient (Wildman–Crippen LogP) is 2.87. The summed E-state index contributed by atoms with van der Waals surface area (Å²) in [5.41, 5.74) is 6.30. The van der Waals surface area contributed by atoms with Gasteiger partial charge in [0.2, 0.25) is 5.91 Å². The summed E-state index contributed by atoms with van der Waals surface area (Å²) in [6, 6.07) is 7.18. The number of nitrogens with zero attached hydrogens (tertiary/aromatic N) is 3. The van der Waals surface area contributed by atoms with Gasteiger partial charge in [0, 0.05) is 22.8 Å². The minimum Gasteiger partial charge on any atom is -0.273 e. The molecular weight excluding hydrogens is 300 g/mol. The van der Waals surface area contributed by atoms with Crippen LogP contribution in [0.2, 0.25) is 5.02 Å². The molecule has 6 heteroatoms. The Morgan fingerprint density at radius 1 is 1.36 bits per heavy atom. The molecule has 0 bridgehead atoms. The highest BCUT2D eigenvalue weighted by molar-refractivity contribution is 6.30. The van der Waals surface area contributed by atoms with E-state index in [0.717, 1.165) is 29.1 Å². The van der Waals surface area contributed by atoms with Crippen LogP contribution in [0.4, 0.5) is 0 Å². The van der Waals surface area contributed by atoms with Gasteiger partial charge in [-0.3, -0.25) is 9.48 Å². The van der Waals surface area contributed by atoms with Gasteiger partial charge in [-0.2, -0.15) is 10.2 Å². The van der Waals surface area contributed by atoms with Crippen LogP contribution in [0.5, 0.6) is 0 Å². The van der Waals surface area contributed by atoms with Crippen molar-refractivity contribution in [2.75, 3.05) is 0 Å². The van der Waals surface area contributed by atoms with Crippen LogP contribution < -0.4 is 5.43 Å². The summed E-state index contributed by atoms with van der Waals surface area (Å²) in [7, 11) is 0. The quantitative estimate of drug-likeness (QED) is 0.680. The van der Waals surface area contributed by atoms with E-state index in [-0.39, 0.29) is 12.3 Å². The molecule has 1 amide bonds. The van der Waals surface area contributed by atoms with Crippen molar-refractivity contribution >= 4 is 23.7 Å². The molecular formula is C16H19ClN4O. The molecule has 1 aromatic carbocycles. The zero-order valence-electron chi connectivity index (χ0n) is 12.9. The summed E-state index contributed by atoms with van der Waals surface area (Å²) in [6.45, 7) is 6.76. The number of hydrogen-bond donors (Lipinski definition) is 1. The fraction of sp³-hybridized carbons (Fsp3) is 0.312. The Morgan fingerprint density at radius 2 is 2.05 bits per heavy atom. The number of benzene rings is 1. The van der Waals surface area contributed by atoms with Gasteiger partial charge in [-0.15, -0.1) is 0 Å². The van der Waals surface area contributed by atoms with Gasteiger partial charge in [-0.05, 0) is 38.5 Å². The van der Waals surface area contributed by atoms with E-state index in [1.54, 1.807) is 18.3 Å². The van der Waals surface area contributed by atoms with Crippen LogP contribution in [0, 0.1) is 13.8 Å². The van der Waals surface area contributed by atoms with E-state index in [4.69, 9.17) is 11.6 Å². The van der Waals surface area contributed by atoms with E-state index >= 15 is 0 Å². The molecule has 0 aliphatic rings. The molecule has 0 spiro atoms. The van der Waals surface area contributed by atoms with Crippen molar-refractivity contribution in [1.29, 1.82) is 0 Å². The average molecular weight is 319 g/mol. The number of carbonyl (C=O) groups is 1. The van der Waals surface area contributed by atoms with Crippen molar-refractivity contribution in [2.24, 2.45) is 5.10 Å². The lowest BCUT2D eigenvalue weighted by Crippen LogP contribution is -2.19. The monoisotopic (exact) mass is 318 g/mol. The fourth-order valence-corrected chi connectivity index (χ4v) is 2.33. The maximum Gasteiger partial charge on any atom is 0.244 e. The van der Waals surface area contributed by atoms with Gasteiger partial charge >= 0.3 is 0 Å². The maximum atomic E-state index is 11.8. The Hall–Kier alpha value is -2.14. The number of rotatable bonds is 5.